The van der Waals surface area contributed by atoms with Crippen molar-refractivity contribution >= 4 is 5.91 Å². The summed E-state index contributed by atoms with van der Waals surface area (Å²) in [6, 6.07) is 2.75. The van der Waals surface area contributed by atoms with Crippen LogP contribution in [-0.2, 0) is 9.47 Å². The molecule has 4 atom stereocenters. The predicted molar refractivity (Wildman–Crippen MR) is 101 cm³/mol. The summed E-state index contributed by atoms with van der Waals surface area (Å²) in [6.07, 6.45) is 5.84. The van der Waals surface area contributed by atoms with Crippen molar-refractivity contribution in [3.05, 3.63) is 33.4 Å². The fourth-order valence-electron chi connectivity index (χ4n) is 5.48. The molecular weight excluding hydrogens is 360 g/mol. The summed E-state index contributed by atoms with van der Waals surface area (Å²) < 4.78 is 17.3. The zero-order valence-corrected chi connectivity index (χ0v) is 16.4. The topological polar surface area (TPSA) is 81.0 Å². The van der Waals surface area contributed by atoms with E-state index in [1.54, 1.807) is 11.0 Å². The van der Waals surface area contributed by atoms with Crippen LogP contribution >= 0.6 is 0 Å². The van der Waals surface area contributed by atoms with E-state index in [-0.39, 0.29) is 23.2 Å². The molecule has 1 spiro atoms. The summed E-state index contributed by atoms with van der Waals surface area (Å²) in [5.41, 5.74) is -0.0220. The van der Waals surface area contributed by atoms with Gasteiger partial charge in [0.1, 0.15) is 17.4 Å². The van der Waals surface area contributed by atoms with Crippen molar-refractivity contribution in [1.82, 2.24) is 10.2 Å². The molecule has 2 bridgehead atoms. The Morgan fingerprint density at radius 2 is 2.00 bits per heavy atom. The van der Waals surface area contributed by atoms with E-state index in [1.165, 1.54) is 12.8 Å². The van der Waals surface area contributed by atoms with Gasteiger partial charge in [-0.25, -0.2) is 4.79 Å². The molecular formula is C21H28N2O5. The summed E-state index contributed by atoms with van der Waals surface area (Å²) in [7, 11) is 0. The van der Waals surface area contributed by atoms with Gasteiger partial charge in [-0.15, -0.1) is 0 Å². The molecule has 0 radical (unpaired) electrons. The number of nitrogens with zero attached hydrogens (tertiary/aromatic N) is 1. The largest absolute Gasteiger partial charge is 0.424 e. The zero-order chi connectivity index (χ0) is 19.3. The summed E-state index contributed by atoms with van der Waals surface area (Å²) in [6.45, 7) is 4.07. The van der Waals surface area contributed by atoms with E-state index in [0.717, 1.165) is 25.7 Å². The van der Waals surface area contributed by atoms with Crippen LogP contribution in [0.5, 0.6) is 0 Å². The fourth-order valence-corrected chi connectivity index (χ4v) is 5.48. The van der Waals surface area contributed by atoms with E-state index in [0.29, 0.717) is 49.7 Å². The molecule has 1 aromatic rings. The van der Waals surface area contributed by atoms with Crippen LogP contribution in [0.3, 0.4) is 0 Å². The maximum absolute atomic E-state index is 13.2. The van der Waals surface area contributed by atoms with Crippen molar-refractivity contribution in [3.8, 4) is 0 Å². The molecule has 4 aliphatic rings. The van der Waals surface area contributed by atoms with Crippen molar-refractivity contribution in [1.29, 1.82) is 0 Å². The number of nitrogens with one attached hydrogen (secondary N) is 1. The van der Waals surface area contributed by atoms with Crippen molar-refractivity contribution in [2.24, 2.45) is 0 Å². The van der Waals surface area contributed by atoms with E-state index in [1.807, 2.05) is 6.92 Å². The number of amides is 1. The Kier molecular flexibility index (Phi) is 4.56. The van der Waals surface area contributed by atoms with Crippen LogP contribution in [0.4, 0.5) is 0 Å². The maximum Gasteiger partial charge on any atom is 0.349 e. The van der Waals surface area contributed by atoms with Crippen molar-refractivity contribution in [3.63, 3.8) is 0 Å². The van der Waals surface area contributed by atoms with Crippen LogP contribution in [-0.4, -0.2) is 54.8 Å². The predicted octanol–water partition coefficient (Wildman–Crippen LogP) is 1.93. The molecule has 0 aromatic carbocycles. The minimum absolute atomic E-state index is 0.149. The third kappa shape index (κ3) is 3.19. The number of rotatable bonds is 2. The van der Waals surface area contributed by atoms with Gasteiger partial charge in [-0.3, -0.25) is 4.79 Å². The maximum atomic E-state index is 13.2. The summed E-state index contributed by atoms with van der Waals surface area (Å²) >= 11 is 0. The number of carbonyl (C=O) groups is 1. The smallest absolute Gasteiger partial charge is 0.349 e. The van der Waals surface area contributed by atoms with Gasteiger partial charge in [-0.05, 0) is 57.1 Å². The summed E-state index contributed by atoms with van der Waals surface area (Å²) in [4.78, 5) is 27.7. The summed E-state index contributed by atoms with van der Waals surface area (Å²) in [5.74, 6) is 0.295. The monoisotopic (exact) mass is 388 g/mol. The first kappa shape index (κ1) is 18.3. The Morgan fingerprint density at radius 1 is 1.21 bits per heavy atom. The Labute approximate surface area is 164 Å². The Morgan fingerprint density at radius 3 is 2.68 bits per heavy atom. The van der Waals surface area contributed by atoms with Gasteiger partial charge in [-0.1, -0.05) is 0 Å². The molecule has 152 valence electrons. The lowest BCUT2D eigenvalue weighted by Gasteiger charge is -2.47. The highest BCUT2D eigenvalue weighted by Crippen LogP contribution is 2.39. The standard InChI is InChI=1S/C21H28N2O5/c1-13-9-17(16-3-2-7-26-16)28-20(25)18(13)19(24)23-6-8-27-21(12-23)10-14-4-5-15(11-21)22-14/h9,14-16,22H,2-8,10-12H2,1H3/t14-,15+,16?,21?. The molecule has 4 aliphatic heterocycles. The van der Waals surface area contributed by atoms with Crippen LogP contribution < -0.4 is 10.9 Å². The molecule has 1 aromatic heterocycles. The number of ether oxygens (including phenoxy) is 2. The van der Waals surface area contributed by atoms with Crippen molar-refractivity contribution < 1.29 is 18.7 Å². The van der Waals surface area contributed by atoms with Crippen LogP contribution in [0.25, 0.3) is 0 Å². The second-order valence-electron chi connectivity index (χ2n) is 8.80. The molecule has 1 N–H and O–H groups in total. The van der Waals surface area contributed by atoms with Crippen molar-refractivity contribution in [2.75, 3.05) is 26.3 Å². The van der Waals surface area contributed by atoms with Gasteiger partial charge in [-0.2, -0.15) is 0 Å². The van der Waals surface area contributed by atoms with E-state index in [2.05, 4.69) is 5.32 Å². The lowest BCUT2D eigenvalue weighted by atomic mass is 9.85. The molecule has 7 nitrogen and oxygen atoms in total. The van der Waals surface area contributed by atoms with E-state index in [4.69, 9.17) is 13.9 Å². The molecule has 28 heavy (non-hydrogen) atoms. The molecule has 2 unspecified atom stereocenters. The Balaban J connectivity index is 1.38. The second kappa shape index (κ2) is 6.97. The lowest BCUT2D eigenvalue weighted by molar-refractivity contribution is -0.122. The molecule has 1 amide bonds. The highest BCUT2D eigenvalue weighted by atomic mass is 16.5. The molecule has 5 heterocycles. The Bertz CT molecular complexity index is 817. The minimum Gasteiger partial charge on any atom is -0.424 e. The average Bonchev–Trinajstić information content (AvgIpc) is 3.31. The van der Waals surface area contributed by atoms with Gasteiger partial charge in [0.25, 0.3) is 5.91 Å². The van der Waals surface area contributed by atoms with Crippen LogP contribution in [0.2, 0.25) is 0 Å². The molecule has 5 rings (SSSR count). The molecule has 4 saturated heterocycles. The lowest BCUT2D eigenvalue weighted by Crippen LogP contribution is -2.60. The highest BCUT2D eigenvalue weighted by molar-refractivity contribution is 5.95. The molecule has 7 heteroatoms. The Hall–Kier alpha value is -1.70. The van der Waals surface area contributed by atoms with Gasteiger partial charge < -0.3 is 24.1 Å². The first-order valence-corrected chi connectivity index (χ1v) is 10.5. The van der Waals surface area contributed by atoms with E-state index in [9.17, 15) is 9.59 Å². The van der Waals surface area contributed by atoms with Crippen molar-refractivity contribution in [2.45, 2.75) is 69.2 Å². The fraction of sp³-hybridized carbons (Fsp3) is 0.714. The van der Waals surface area contributed by atoms with E-state index >= 15 is 0 Å². The SMILES string of the molecule is Cc1cc(C2CCCO2)oc(=O)c1C(=O)N1CCOC2(C[C@H]3CC[C@@H](C2)N3)C1. The summed E-state index contributed by atoms with van der Waals surface area (Å²) in [5, 5.41) is 3.63. The number of hydrogen-bond acceptors (Lipinski definition) is 6. The first-order valence-electron chi connectivity index (χ1n) is 10.5. The molecule has 4 fully saturated rings. The normalized spacial score (nSPS) is 34.9. The number of hydrogen-bond donors (Lipinski definition) is 1. The minimum atomic E-state index is -0.554. The number of fused-ring (bicyclic) bond motifs is 2. The van der Waals surface area contributed by atoms with Crippen LogP contribution in [0.15, 0.2) is 15.3 Å². The zero-order valence-electron chi connectivity index (χ0n) is 16.4. The average molecular weight is 388 g/mol. The third-order valence-electron chi connectivity index (χ3n) is 6.74. The highest BCUT2D eigenvalue weighted by Gasteiger charge is 2.48. The van der Waals surface area contributed by atoms with Gasteiger partial charge in [0, 0.05) is 25.2 Å². The van der Waals surface area contributed by atoms with E-state index < -0.39 is 5.63 Å². The second-order valence-corrected chi connectivity index (χ2v) is 8.80. The molecule has 0 aliphatic carbocycles. The first-order chi connectivity index (χ1) is 13.5. The third-order valence-corrected chi connectivity index (χ3v) is 6.74. The van der Waals surface area contributed by atoms with Crippen LogP contribution in [0.1, 0.15) is 66.3 Å². The number of piperidine rings is 1. The van der Waals surface area contributed by atoms with Gasteiger partial charge in [0.2, 0.25) is 0 Å². The quantitative estimate of drug-likeness (QED) is 0.834. The van der Waals surface area contributed by atoms with Crippen LogP contribution in [0, 0.1) is 6.92 Å². The number of morpholine rings is 1. The van der Waals surface area contributed by atoms with Gasteiger partial charge in [0.05, 0.1) is 18.8 Å². The number of carbonyl (C=O) groups excluding carboxylic acids is 1. The van der Waals surface area contributed by atoms with Gasteiger partial charge in [0.15, 0.2) is 0 Å². The number of aryl methyl sites for hydroxylation is 1. The van der Waals surface area contributed by atoms with Gasteiger partial charge >= 0.3 is 5.63 Å². The molecule has 0 saturated carbocycles.